The van der Waals surface area contributed by atoms with Crippen LogP contribution in [0.25, 0.3) is 0 Å². The van der Waals surface area contributed by atoms with Crippen LogP contribution in [-0.2, 0) is 29.1 Å². The predicted octanol–water partition coefficient (Wildman–Crippen LogP) is -0.797. The highest BCUT2D eigenvalue weighted by molar-refractivity contribution is 7.89. The molecule has 0 saturated heterocycles. The molecule has 11 heteroatoms. The molecule has 1 rings (SSSR count). The molecule has 0 fully saturated rings. The van der Waals surface area contributed by atoms with Crippen molar-refractivity contribution >= 4 is 27.8 Å². The van der Waals surface area contributed by atoms with E-state index in [1.807, 2.05) is 15.6 Å². The first-order valence-electron chi connectivity index (χ1n) is 6.62. The second-order valence-electron chi connectivity index (χ2n) is 4.63. The summed E-state index contributed by atoms with van der Waals surface area (Å²) in [5, 5.41) is 0. The third-order valence-corrected chi connectivity index (χ3v) is 4.09. The van der Waals surface area contributed by atoms with Crippen molar-refractivity contribution < 1.29 is 31.9 Å². The fourth-order valence-electron chi connectivity index (χ4n) is 1.42. The number of amides is 2. The second kappa shape index (κ2) is 8.36. The van der Waals surface area contributed by atoms with E-state index in [1.54, 1.807) is 0 Å². The van der Waals surface area contributed by atoms with Crippen molar-refractivity contribution in [3.8, 4) is 0 Å². The first kappa shape index (κ1) is 19.5. The molecule has 24 heavy (non-hydrogen) atoms. The van der Waals surface area contributed by atoms with Gasteiger partial charge in [-0.15, -0.1) is 0 Å². The summed E-state index contributed by atoms with van der Waals surface area (Å²) < 4.78 is 43.5. The zero-order valence-electron chi connectivity index (χ0n) is 12.8. The third-order valence-electron chi connectivity index (χ3n) is 2.53. The highest BCUT2D eigenvalue weighted by atomic mass is 32.2. The molecular weight excluding hydrogens is 345 g/mol. The van der Waals surface area contributed by atoms with Crippen molar-refractivity contribution in [3.05, 3.63) is 30.1 Å². The average Bonchev–Trinajstić information content (AvgIpc) is 2.50. The van der Waals surface area contributed by atoms with Gasteiger partial charge >= 0.3 is 5.97 Å². The molecule has 0 aliphatic rings. The molecule has 0 spiro atoms. The van der Waals surface area contributed by atoms with Gasteiger partial charge in [-0.25, -0.2) is 12.8 Å². The normalized spacial score (nSPS) is 12.1. The zero-order valence-corrected chi connectivity index (χ0v) is 13.6. The van der Waals surface area contributed by atoms with Gasteiger partial charge in [-0.3, -0.25) is 25.2 Å². The Morgan fingerprint density at radius 2 is 1.75 bits per heavy atom. The molecule has 0 aliphatic heterocycles. The molecule has 0 radical (unpaired) electrons. The summed E-state index contributed by atoms with van der Waals surface area (Å²) in [7, 11) is -4.06. The molecule has 1 aromatic carbocycles. The summed E-state index contributed by atoms with van der Waals surface area (Å²) in [5.41, 5.74) is 3.96. The largest absolute Gasteiger partial charge is 0.454 e. The minimum atomic E-state index is -4.06. The van der Waals surface area contributed by atoms with Gasteiger partial charge in [0, 0.05) is 6.92 Å². The Balaban J connectivity index is 2.55. The van der Waals surface area contributed by atoms with E-state index >= 15 is 0 Å². The van der Waals surface area contributed by atoms with Gasteiger partial charge < -0.3 is 4.74 Å². The molecule has 1 atom stereocenters. The number of esters is 1. The number of ether oxygens (including phenoxy) is 1. The smallest absolute Gasteiger partial charge is 0.324 e. The van der Waals surface area contributed by atoms with E-state index in [4.69, 9.17) is 0 Å². The summed E-state index contributed by atoms with van der Waals surface area (Å²) >= 11 is 0. The first-order valence-corrected chi connectivity index (χ1v) is 8.10. The van der Waals surface area contributed by atoms with E-state index in [0.29, 0.717) is 0 Å². The Morgan fingerprint density at radius 1 is 1.17 bits per heavy atom. The number of carbonyl (C=O) groups is 3. The van der Waals surface area contributed by atoms with Crippen molar-refractivity contribution in [2.24, 2.45) is 0 Å². The van der Waals surface area contributed by atoms with E-state index in [2.05, 4.69) is 4.74 Å². The number of nitrogens with one attached hydrogen (secondary N) is 3. The summed E-state index contributed by atoms with van der Waals surface area (Å²) in [6, 6.07) is 2.72. The van der Waals surface area contributed by atoms with Gasteiger partial charge in [-0.05, 0) is 31.2 Å². The highest BCUT2D eigenvalue weighted by Gasteiger charge is 2.23. The number of halogens is 1. The van der Waals surface area contributed by atoms with Crippen molar-refractivity contribution in [1.29, 1.82) is 0 Å². The van der Waals surface area contributed by atoms with Gasteiger partial charge in [0.25, 0.3) is 5.91 Å². The molecule has 9 nitrogen and oxygen atoms in total. The van der Waals surface area contributed by atoms with E-state index in [0.717, 1.165) is 24.3 Å². The van der Waals surface area contributed by atoms with Crippen molar-refractivity contribution in [2.45, 2.75) is 24.8 Å². The average molecular weight is 361 g/mol. The standard InChI is InChI=1S/C13H16FN3O6S/c1-8(13(20)23-7-12(19)16-15-9(2)18)17-24(21,22)11-5-3-10(14)4-6-11/h3-6,8,17H,7H2,1-2H3,(H,15,18)(H,16,19)/t8-/m0/s1. The third kappa shape index (κ3) is 6.30. The summed E-state index contributed by atoms with van der Waals surface area (Å²) in [5.74, 6) is -2.92. The lowest BCUT2D eigenvalue weighted by atomic mass is 10.4. The Hall–Kier alpha value is -2.53. The van der Waals surface area contributed by atoms with Crippen LogP contribution < -0.4 is 15.6 Å². The van der Waals surface area contributed by atoms with Crippen LogP contribution in [0.5, 0.6) is 0 Å². The molecule has 0 saturated carbocycles. The maximum Gasteiger partial charge on any atom is 0.324 e. The summed E-state index contributed by atoms with van der Waals surface area (Å²) in [6.07, 6.45) is 0. The molecule has 0 heterocycles. The maximum atomic E-state index is 12.8. The number of hydrogen-bond acceptors (Lipinski definition) is 6. The van der Waals surface area contributed by atoms with E-state index in [-0.39, 0.29) is 4.90 Å². The van der Waals surface area contributed by atoms with Gasteiger partial charge in [-0.1, -0.05) is 0 Å². The van der Waals surface area contributed by atoms with Crippen LogP contribution >= 0.6 is 0 Å². The fraction of sp³-hybridized carbons (Fsp3) is 0.308. The molecule has 0 aromatic heterocycles. The summed E-state index contributed by atoms with van der Waals surface area (Å²) in [6.45, 7) is 1.68. The van der Waals surface area contributed by atoms with Gasteiger partial charge in [0.1, 0.15) is 11.9 Å². The molecule has 132 valence electrons. The van der Waals surface area contributed by atoms with Crippen LogP contribution in [0.15, 0.2) is 29.2 Å². The quantitative estimate of drug-likeness (QED) is 0.449. The van der Waals surface area contributed by atoms with Crippen LogP contribution in [0.1, 0.15) is 13.8 Å². The highest BCUT2D eigenvalue weighted by Crippen LogP contribution is 2.10. The van der Waals surface area contributed by atoms with E-state index in [1.165, 1.54) is 13.8 Å². The van der Waals surface area contributed by atoms with Crippen LogP contribution in [0.4, 0.5) is 4.39 Å². The van der Waals surface area contributed by atoms with Crippen LogP contribution in [-0.4, -0.2) is 38.9 Å². The number of rotatable bonds is 6. The van der Waals surface area contributed by atoms with Gasteiger partial charge in [0.05, 0.1) is 4.90 Å². The topological polar surface area (TPSA) is 131 Å². The number of sulfonamides is 1. The Kier molecular flexibility index (Phi) is 6.80. The lowest BCUT2D eigenvalue weighted by molar-refractivity contribution is -0.150. The molecule has 0 bridgehead atoms. The van der Waals surface area contributed by atoms with Crippen LogP contribution in [0.2, 0.25) is 0 Å². The Labute approximate surface area is 137 Å². The SMILES string of the molecule is CC(=O)NNC(=O)COC(=O)[C@H](C)NS(=O)(=O)c1ccc(F)cc1. The Morgan fingerprint density at radius 3 is 2.29 bits per heavy atom. The minimum absolute atomic E-state index is 0.230. The van der Waals surface area contributed by atoms with Crippen molar-refractivity contribution in [2.75, 3.05) is 6.61 Å². The summed E-state index contributed by atoms with van der Waals surface area (Å²) in [4.78, 5) is 33.3. The first-order chi connectivity index (χ1) is 11.1. The fourth-order valence-corrected chi connectivity index (χ4v) is 2.61. The van der Waals surface area contributed by atoms with Gasteiger partial charge in [0.2, 0.25) is 15.9 Å². The number of carbonyl (C=O) groups excluding carboxylic acids is 3. The number of hydrogen-bond donors (Lipinski definition) is 3. The molecule has 1 aromatic rings. The zero-order chi connectivity index (χ0) is 18.3. The molecule has 2 amide bonds. The lowest BCUT2D eigenvalue weighted by Gasteiger charge is -2.13. The molecular formula is C13H16FN3O6S. The second-order valence-corrected chi connectivity index (χ2v) is 6.35. The van der Waals surface area contributed by atoms with Gasteiger partial charge in [0.15, 0.2) is 6.61 Å². The molecule has 0 aliphatic carbocycles. The number of hydrazine groups is 1. The molecule has 0 unspecified atom stereocenters. The van der Waals surface area contributed by atoms with E-state index in [9.17, 15) is 27.2 Å². The van der Waals surface area contributed by atoms with Crippen LogP contribution in [0, 0.1) is 5.82 Å². The predicted molar refractivity (Wildman–Crippen MR) is 79.1 cm³/mol. The van der Waals surface area contributed by atoms with Crippen molar-refractivity contribution in [3.63, 3.8) is 0 Å². The monoisotopic (exact) mass is 361 g/mol. The lowest BCUT2D eigenvalue weighted by Crippen LogP contribution is -2.44. The minimum Gasteiger partial charge on any atom is -0.454 e. The van der Waals surface area contributed by atoms with Crippen LogP contribution in [0.3, 0.4) is 0 Å². The van der Waals surface area contributed by atoms with Crippen molar-refractivity contribution in [1.82, 2.24) is 15.6 Å². The maximum absolute atomic E-state index is 12.8. The van der Waals surface area contributed by atoms with Gasteiger partial charge in [-0.2, -0.15) is 4.72 Å². The number of benzene rings is 1. The Bertz CT molecular complexity index is 720. The van der Waals surface area contributed by atoms with E-state index < -0.39 is 46.3 Å². The molecule has 3 N–H and O–H groups in total.